The molecule has 0 saturated carbocycles. The number of rotatable bonds is 4. The van der Waals surface area contributed by atoms with Gasteiger partial charge in [-0.3, -0.25) is 4.98 Å². The third kappa shape index (κ3) is 2.79. The van der Waals surface area contributed by atoms with Crippen LogP contribution in [0.1, 0.15) is 18.9 Å². The Balaban J connectivity index is 1.94. The number of aromatic nitrogens is 1. The molecular weight excluding hydrogens is 258 g/mol. The average molecular weight is 281 g/mol. The largest absolute Gasteiger partial charge is 0.384 e. The van der Waals surface area contributed by atoms with Gasteiger partial charge in [0.2, 0.25) is 0 Å². The minimum atomic E-state index is 0.206. The van der Waals surface area contributed by atoms with Gasteiger partial charge in [0, 0.05) is 30.0 Å². The van der Waals surface area contributed by atoms with Crippen LogP contribution in [-0.2, 0) is 5.41 Å². The van der Waals surface area contributed by atoms with Gasteiger partial charge in [-0.2, -0.15) is 0 Å². The Morgan fingerprint density at radius 1 is 1.24 bits per heavy atom. The lowest BCUT2D eigenvalue weighted by molar-refractivity contribution is 0.343. The van der Waals surface area contributed by atoms with Gasteiger partial charge in [-0.1, -0.05) is 19.1 Å². The zero-order chi connectivity index (χ0) is 14.9. The fourth-order valence-corrected chi connectivity index (χ4v) is 2.99. The number of nitrogens with one attached hydrogen (secondary N) is 1. The molecule has 1 aliphatic rings. The second kappa shape index (κ2) is 5.49. The first-order chi connectivity index (χ1) is 10.1. The normalized spacial score (nSPS) is 20.4. The molecule has 1 aliphatic heterocycles. The van der Waals surface area contributed by atoms with E-state index in [0.29, 0.717) is 0 Å². The zero-order valence-corrected chi connectivity index (χ0v) is 13.1. The van der Waals surface area contributed by atoms with Crippen molar-refractivity contribution in [2.24, 2.45) is 0 Å². The third-order valence-corrected chi connectivity index (χ3v) is 4.44. The van der Waals surface area contributed by atoms with E-state index >= 15 is 0 Å². The van der Waals surface area contributed by atoms with Crippen molar-refractivity contribution in [2.75, 3.05) is 32.5 Å². The molecule has 2 heterocycles. The maximum Gasteiger partial charge on any atom is 0.0379 e. The van der Waals surface area contributed by atoms with Crippen LogP contribution in [0.2, 0.25) is 0 Å². The molecule has 1 unspecified atom stereocenters. The van der Waals surface area contributed by atoms with Crippen LogP contribution in [0.4, 0.5) is 5.69 Å². The highest BCUT2D eigenvalue weighted by Gasteiger charge is 2.34. The van der Waals surface area contributed by atoms with E-state index in [4.69, 9.17) is 0 Å². The molecule has 1 aromatic heterocycles. The molecule has 1 atom stereocenters. The number of anilines is 1. The lowest BCUT2D eigenvalue weighted by Crippen LogP contribution is -2.29. The number of nitrogens with zero attached hydrogens (tertiary/aromatic N) is 2. The number of fused-ring (bicyclic) bond motifs is 1. The van der Waals surface area contributed by atoms with Crippen molar-refractivity contribution < 1.29 is 0 Å². The SMILES string of the molecule is CN(C)CCC1(C)CNc2ccc(-c3cccnc3)cc21. The van der Waals surface area contributed by atoms with E-state index in [-0.39, 0.29) is 5.41 Å². The Labute approximate surface area is 127 Å². The highest BCUT2D eigenvalue weighted by Crippen LogP contribution is 2.41. The first-order valence-electron chi connectivity index (χ1n) is 7.52. The second-order valence-electron chi connectivity index (χ2n) is 6.47. The van der Waals surface area contributed by atoms with Gasteiger partial charge in [-0.15, -0.1) is 0 Å². The standard InChI is InChI=1S/C18H23N3/c1-18(8-10-21(2)3)13-20-17-7-6-14(11-16(17)18)15-5-4-9-19-12-15/h4-7,9,11-12,20H,8,10,13H2,1-3H3. The third-order valence-electron chi connectivity index (χ3n) is 4.44. The Hall–Kier alpha value is -1.87. The molecular formula is C18H23N3. The van der Waals surface area contributed by atoms with Crippen LogP contribution < -0.4 is 5.32 Å². The maximum atomic E-state index is 4.23. The molecule has 1 aromatic carbocycles. The van der Waals surface area contributed by atoms with Crippen molar-refractivity contribution in [1.82, 2.24) is 9.88 Å². The molecule has 2 aromatic rings. The van der Waals surface area contributed by atoms with Crippen LogP contribution in [0.3, 0.4) is 0 Å². The summed E-state index contributed by atoms with van der Waals surface area (Å²) in [4.78, 5) is 6.49. The molecule has 1 N–H and O–H groups in total. The van der Waals surface area contributed by atoms with Gasteiger partial charge in [-0.05, 0) is 62.0 Å². The molecule has 0 fully saturated rings. The Bertz CT molecular complexity index is 622. The lowest BCUT2D eigenvalue weighted by Gasteiger charge is -2.26. The predicted octanol–water partition coefficient (Wildman–Crippen LogP) is 3.38. The Kier molecular flexibility index (Phi) is 3.68. The summed E-state index contributed by atoms with van der Waals surface area (Å²) in [5, 5.41) is 3.56. The van der Waals surface area contributed by atoms with Crippen LogP contribution in [0.15, 0.2) is 42.7 Å². The molecule has 0 amide bonds. The number of pyridine rings is 1. The summed E-state index contributed by atoms with van der Waals surface area (Å²) in [6, 6.07) is 10.8. The van der Waals surface area contributed by atoms with E-state index in [2.05, 4.69) is 60.5 Å². The number of hydrogen-bond donors (Lipinski definition) is 1. The van der Waals surface area contributed by atoms with E-state index < -0.39 is 0 Å². The maximum absolute atomic E-state index is 4.23. The molecule has 110 valence electrons. The summed E-state index contributed by atoms with van der Waals surface area (Å²) in [6.45, 7) is 4.49. The highest BCUT2D eigenvalue weighted by molar-refractivity contribution is 5.71. The summed E-state index contributed by atoms with van der Waals surface area (Å²) in [7, 11) is 4.28. The zero-order valence-electron chi connectivity index (χ0n) is 13.1. The highest BCUT2D eigenvalue weighted by atomic mass is 15.1. The summed E-state index contributed by atoms with van der Waals surface area (Å²) in [5.74, 6) is 0. The van der Waals surface area contributed by atoms with Crippen molar-refractivity contribution in [3.05, 3.63) is 48.3 Å². The molecule has 0 bridgehead atoms. The smallest absolute Gasteiger partial charge is 0.0379 e. The van der Waals surface area contributed by atoms with E-state index in [1.54, 1.807) is 0 Å². The number of hydrogen-bond acceptors (Lipinski definition) is 3. The van der Waals surface area contributed by atoms with E-state index in [1.165, 1.54) is 22.4 Å². The quantitative estimate of drug-likeness (QED) is 0.931. The lowest BCUT2D eigenvalue weighted by atomic mass is 9.80. The van der Waals surface area contributed by atoms with Gasteiger partial charge in [0.25, 0.3) is 0 Å². The van der Waals surface area contributed by atoms with Crippen molar-refractivity contribution in [3.63, 3.8) is 0 Å². The summed E-state index contributed by atoms with van der Waals surface area (Å²) < 4.78 is 0. The number of benzene rings is 1. The van der Waals surface area contributed by atoms with Crippen molar-refractivity contribution in [2.45, 2.75) is 18.8 Å². The van der Waals surface area contributed by atoms with Crippen LogP contribution in [-0.4, -0.2) is 37.1 Å². The van der Waals surface area contributed by atoms with Gasteiger partial charge in [0.1, 0.15) is 0 Å². The molecule has 0 radical (unpaired) electrons. The fourth-order valence-electron chi connectivity index (χ4n) is 2.99. The monoisotopic (exact) mass is 281 g/mol. The predicted molar refractivity (Wildman–Crippen MR) is 88.7 cm³/mol. The molecule has 0 aliphatic carbocycles. The van der Waals surface area contributed by atoms with Crippen LogP contribution in [0.5, 0.6) is 0 Å². The summed E-state index contributed by atoms with van der Waals surface area (Å²) in [5.41, 5.74) is 5.36. The molecule has 3 nitrogen and oxygen atoms in total. The fraction of sp³-hybridized carbons (Fsp3) is 0.389. The van der Waals surface area contributed by atoms with Gasteiger partial charge >= 0.3 is 0 Å². The first-order valence-corrected chi connectivity index (χ1v) is 7.52. The van der Waals surface area contributed by atoms with Crippen LogP contribution >= 0.6 is 0 Å². The van der Waals surface area contributed by atoms with Crippen LogP contribution in [0.25, 0.3) is 11.1 Å². The van der Waals surface area contributed by atoms with Gasteiger partial charge in [-0.25, -0.2) is 0 Å². The molecule has 3 heteroatoms. The molecule has 3 rings (SSSR count). The average Bonchev–Trinajstić information content (AvgIpc) is 2.84. The molecule has 0 saturated heterocycles. The minimum Gasteiger partial charge on any atom is -0.384 e. The van der Waals surface area contributed by atoms with Gasteiger partial charge in [0.05, 0.1) is 0 Å². The van der Waals surface area contributed by atoms with Gasteiger partial charge in [0.15, 0.2) is 0 Å². The van der Waals surface area contributed by atoms with E-state index in [1.807, 2.05) is 18.5 Å². The van der Waals surface area contributed by atoms with Crippen molar-refractivity contribution in [1.29, 1.82) is 0 Å². The van der Waals surface area contributed by atoms with E-state index in [9.17, 15) is 0 Å². The van der Waals surface area contributed by atoms with Crippen molar-refractivity contribution in [3.8, 4) is 11.1 Å². The van der Waals surface area contributed by atoms with Gasteiger partial charge < -0.3 is 10.2 Å². The minimum absolute atomic E-state index is 0.206. The Morgan fingerprint density at radius 3 is 2.81 bits per heavy atom. The summed E-state index contributed by atoms with van der Waals surface area (Å²) in [6.07, 6.45) is 4.91. The summed E-state index contributed by atoms with van der Waals surface area (Å²) >= 11 is 0. The molecule has 21 heavy (non-hydrogen) atoms. The van der Waals surface area contributed by atoms with Crippen molar-refractivity contribution >= 4 is 5.69 Å². The Morgan fingerprint density at radius 2 is 2.10 bits per heavy atom. The first kappa shape index (κ1) is 14.1. The molecule has 0 spiro atoms. The topological polar surface area (TPSA) is 28.2 Å². The van der Waals surface area contributed by atoms with Crippen LogP contribution in [0, 0.1) is 0 Å². The van der Waals surface area contributed by atoms with E-state index in [0.717, 1.165) is 19.5 Å². The second-order valence-corrected chi connectivity index (χ2v) is 6.47.